The van der Waals surface area contributed by atoms with Crippen LogP contribution in [0.1, 0.15) is 0 Å². The van der Waals surface area contributed by atoms with E-state index in [1.807, 2.05) is 0 Å². The van der Waals surface area contributed by atoms with Gasteiger partial charge in [0, 0.05) is 14.1 Å². The van der Waals surface area contributed by atoms with Crippen molar-refractivity contribution < 1.29 is 19.8 Å². The normalized spacial score (nSPS) is 10.0. The Morgan fingerprint density at radius 3 is 1.52 bits per heavy atom. The van der Waals surface area contributed by atoms with Crippen LogP contribution in [-0.4, -0.2) is 40.9 Å². The van der Waals surface area contributed by atoms with Crippen molar-refractivity contribution in [2.75, 3.05) is 31.1 Å². The van der Waals surface area contributed by atoms with Crippen LogP contribution in [0.2, 0.25) is 0 Å². The molecular weight excluding hydrogens is 320 g/mol. The van der Waals surface area contributed by atoms with Crippen molar-refractivity contribution in [2.45, 2.75) is 0 Å². The first kappa shape index (κ1) is 17.5. The molecule has 0 amide bonds. The van der Waals surface area contributed by atoms with Crippen LogP contribution in [0.4, 0.5) is 28.4 Å². The molecule has 0 aliphatic heterocycles. The molecule has 14 heteroatoms. The van der Waals surface area contributed by atoms with Crippen molar-refractivity contribution in [1.82, 2.24) is 0 Å². The third kappa shape index (κ3) is 3.04. The largest absolute Gasteiger partial charge is 0.366 e. The van der Waals surface area contributed by atoms with Crippen LogP contribution in [0.3, 0.4) is 0 Å². The summed E-state index contributed by atoms with van der Waals surface area (Å²) < 4.78 is 0. The van der Waals surface area contributed by atoms with Crippen molar-refractivity contribution >= 4 is 28.4 Å². The van der Waals surface area contributed by atoms with Crippen LogP contribution < -0.4 is 9.91 Å². The highest BCUT2D eigenvalue weighted by Gasteiger charge is 2.42. The summed E-state index contributed by atoms with van der Waals surface area (Å²) in [6, 6.07) is 0.456. The number of anilines is 2. The zero-order valence-electron chi connectivity index (χ0n) is 12.0. The average Bonchev–Trinajstić information content (AvgIpc) is 2.43. The molecule has 0 aromatic heterocycles. The van der Waals surface area contributed by atoms with Gasteiger partial charge in [0.2, 0.25) is 0 Å². The first-order chi connectivity index (χ1) is 10.5. The molecular formula is C9H10N6O8. The monoisotopic (exact) mass is 330 g/mol. The van der Waals surface area contributed by atoms with Gasteiger partial charge >= 0.3 is 17.1 Å². The summed E-state index contributed by atoms with van der Waals surface area (Å²) >= 11 is 0. The fourth-order valence-electron chi connectivity index (χ4n) is 1.91. The number of nitro benzene ring substituents is 3. The van der Waals surface area contributed by atoms with Crippen LogP contribution >= 0.6 is 0 Å². The van der Waals surface area contributed by atoms with Gasteiger partial charge in [-0.3, -0.25) is 30.3 Å². The molecule has 0 bridgehead atoms. The number of benzene rings is 1. The standard InChI is InChI=1S/C9H10N6O8/c1-10(2)7-5(12(16)17)4-6(13(18)19)8(9(7)14(20)21)11(3)15(22)23/h4H,1-3H3. The minimum absolute atomic E-state index is 0.0764. The van der Waals surface area contributed by atoms with Gasteiger partial charge in [-0.2, -0.15) is 0 Å². The molecule has 0 atom stereocenters. The second-order valence-corrected chi connectivity index (χ2v) is 4.39. The van der Waals surface area contributed by atoms with E-state index in [4.69, 9.17) is 0 Å². The van der Waals surface area contributed by atoms with E-state index < -0.39 is 48.2 Å². The van der Waals surface area contributed by atoms with Crippen molar-refractivity contribution in [3.05, 3.63) is 46.5 Å². The van der Waals surface area contributed by atoms with E-state index in [1.54, 1.807) is 0 Å². The lowest BCUT2D eigenvalue weighted by molar-refractivity contribution is -0.493. The molecule has 0 saturated heterocycles. The van der Waals surface area contributed by atoms with Crippen molar-refractivity contribution in [2.24, 2.45) is 0 Å². The molecule has 0 spiro atoms. The summed E-state index contributed by atoms with van der Waals surface area (Å²) in [6.45, 7) is 0. The molecule has 14 nitrogen and oxygen atoms in total. The van der Waals surface area contributed by atoms with Gasteiger partial charge in [-0.1, -0.05) is 5.01 Å². The van der Waals surface area contributed by atoms with Gasteiger partial charge in [0.15, 0.2) is 10.7 Å². The highest BCUT2D eigenvalue weighted by molar-refractivity contribution is 5.90. The van der Waals surface area contributed by atoms with Crippen LogP contribution in [-0.2, 0) is 0 Å². The highest BCUT2D eigenvalue weighted by atomic mass is 16.7. The Morgan fingerprint density at radius 2 is 1.22 bits per heavy atom. The maximum atomic E-state index is 11.3. The lowest BCUT2D eigenvalue weighted by Crippen LogP contribution is -2.27. The van der Waals surface area contributed by atoms with Gasteiger partial charge < -0.3 is 4.90 Å². The molecule has 124 valence electrons. The molecule has 0 fully saturated rings. The lowest BCUT2D eigenvalue weighted by atomic mass is 10.1. The predicted octanol–water partition coefficient (Wildman–Crippen LogP) is 1.11. The minimum atomic E-state index is -1.16. The van der Waals surface area contributed by atoms with E-state index in [0.29, 0.717) is 6.07 Å². The summed E-state index contributed by atoms with van der Waals surface area (Å²) in [7, 11) is 3.23. The topological polar surface area (TPSA) is 179 Å². The highest BCUT2D eigenvalue weighted by Crippen LogP contribution is 2.48. The van der Waals surface area contributed by atoms with Crippen LogP contribution in [0.5, 0.6) is 0 Å². The Balaban J connectivity index is 4.10. The second-order valence-electron chi connectivity index (χ2n) is 4.39. The average molecular weight is 330 g/mol. The van der Waals surface area contributed by atoms with E-state index in [0.717, 1.165) is 11.9 Å². The maximum absolute atomic E-state index is 11.3. The Kier molecular flexibility index (Phi) is 4.59. The molecule has 0 unspecified atom stereocenters. The Hall–Kier alpha value is -3.58. The van der Waals surface area contributed by atoms with Gasteiger partial charge in [0.1, 0.15) is 0 Å². The van der Waals surface area contributed by atoms with Crippen molar-refractivity contribution in [3.8, 4) is 0 Å². The van der Waals surface area contributed by atoms with E-state index in [9.17, 15) is 40.5 Å². The van der Waals surface area contributed by atoms with E-state index in [2.05, 4.69) is 0 Å². The number of nitrogens with zero attached hydrogens (tertiary/aromatic N) is 6. The predicted molar refractivity (Wildman–Crippen MR) is 76.1 cm³/mol. The van der Waals surface area contributed by atoms with Gasteiger partial charge in [-0.05, 0) is 0 Å². The summed E-state index contributed by atoms with van der Waals surface area (Å²) in [4.78, 5) is 42.0. The maximum Gasteiger partial charge on any atom is 0.335 e. The molecule has 0 aliphatic rings. The Labute approximate surface area is 127 Å². The first-order valence-electron chi connectivity index (χ1n) is 5.70. The zero-order valence-corrected chi connectivity index (χ0v) is 12.0. The fourth-order valence-corrected chi connectivity index (χ4v) is 1.91. The number of hydrogen-bond donors (Lipinski definition) is 0. The summed E-state index contributed by atoms with van der Waals surface area (Å²) in [5.74, 6) is 0. The summed E-state index contributed by atoms with van der Waals surface area (Å²) in [6.07, 6.45) is 0. The second kappa shape index (κ2) is 6.04. The molecule has 23 heavy (non-hydrogen) atoms. The number of rotatable bonds is 6. The fraction of sp³-hybridized carbons (Fsp3) is 0.333. The number of hydrogen-bond acceptors (Lipinski definition) is 9. The third-order valence-corrected chi connectivity index (χ3v) is 2.80. The van der Waals surface area contributed by atoms with Gasteiger partial charge in [0.25, 0.3) is 5.69 Å². The third-order valence-electron chi connectivity index (χ3n) is 2.80. The molecule has 1 rings (SSSR count). The van der Waals surface area contributed by atoms with Crippen LogP contribution in [0, 0.1) is 40.5 Å². The first-order valence-corrected chi connectivity index (χ1v) is 5.70. The molecule has 1 aromatic rings. The van der Waals surface area contributed by atoms with Crippen LogP contribution in [0.25, 0.3) is 0 Å². The van der Waals surface area contributed by atoms with E-state index in [-0.39, 0.29) is 5.01 Å². The SMILES string of the molecule is CN(C)c1c([N+](=O)[O-])cc([N+](=O)[O-])c(N(C)[N+](=O)[O-])c1[N+](=O)[O-]. The van der Waals surface area contributed by atoms with Crippen molar-refractivity contribution in [1.29, 1.82) is 0 Å². The van der Waals surface area contributed by atoms with E-state index in [1.165, 1.54) is 14.1 Å². The van der Waals surface area contributed by atoms with Gasteiger partial charge in [0.05, 0.1) is 27.9 Å². The smallest absolute Gasteiger partial charge is 0.335 e. The molecule has 0 N–H and O–H groups in total. The van der Waals surface area contributed by atoms with Gasteiger partial charge in [-0.15, -0.1) is 0 Å². The minimum Gasteiger partial charge on any atom is -0.366 e. The molecule has 0 aliphatic carbocycles. The van der Waals surface area contributed by atoms with Gasteiger partial charge in [-0.25, -0.2) is 10.1 Å². The van der Waals surface area contributed by atoms with E-state index >= 15 is 0 Å². The molecule has 0 radical (unpaired) electrons. The Morgan fingerprint density at radius 1 is 0.783 bits per heavy atom. The number of hydrazine groups is 1. The molecule has 0 saturated carbocycles. The lowest BCUT2D eigenvalue weighted by Gasteiger charge is -2.16. The molecule has 0 heterocycles. The zero-order chi connectivity index (χ0) is 18.1. The summed E-state index contributed by atoms with van der Waals surface area (Å²) in [5.41, 5.74) is -4.68. The van der Waals surface area contributed by atoms with Crippen molar-refractivity contribution in [3.63, 3.8) is 0 Å². The Bertz CT molecular complexity index is 716. The quantitative estimate of drug-likeness (QED) is 0.541. The summed E-state index contributed by atoms with van der Waals surface area (Å²) in [5, 5.41) is 43.3. The molecule has 1 aromatic carbocycles. The number of nitro groups is 4. The van der Waals surface area contributed by atoms with Crippen LogP contribution in [0.15, 0.2) is 6.07 Å².